The van der Waals surface area contributed by atoms with E-state index >= 15 is 0 Å². The van der Waals surface area contributed by atoms with Crippen molar-refractivity contribution in [3.8, 4) is 0 Å². The maximum Gasteiger partial charge on any atom is 0.00419 e. The van der Waals surface area contributed by atoms with Gasteiger partial charge in [-0.15, -0.1) is 0 Å². The van der Waals surface area contributed by atoms with Gasteiger partial charge in [-0.05, 0) is 0 Å². The monoisotopic (exact) mass is 92.0 g/mol. The van der Waals surface area contributed by atoms with Crippen LogP contribution in [0.15, 0.2) is 0 Å². The van der Waals surface area contributed by atoms with E-state index in [0.717, 1.165) is 18.7 Å². The molecule has 0 aliphatic carbocycles. The summed E-state index contributed by atoms with van der Waals surface area (Å²) in [5.74, 6) is 0. The molecule has 0 aliphatic rings. The SMILES string of the molecule is CCNSN. The Morgan fingerprint density at radius 1 is 2.00 bits per heavy atom. The van der Waals surface area contributed by atoms with Crippen molar-refractivity contribution >= 4 is 12.1 Å². The molecule has 0 rings (SSSR count). The summed E-state index contributed by atoms with van der Waals surface area (Å²) in [4.78, 5) is 0. The van der Waals surface area contributed by atoms with Gasteiger partial charge >= 0.3 is 0 Å². The summed E-state index contributed by atoms with van der Waals surface area (Å²) in [6, 6.07) is 0. The van der Waals surface area contributed by atoms with Crippen LogP contribution in [0.1, 0.15) is 6.92 Å². The Balaban J connectivity index is 2.19. The van der Waals surface area contributed by atoms with Crippen LogP contribution in [0.5, 0.6) is 0 Å². The molecule has 0 bridgehead atoms. The first-order chi connectivity index (χ1) is 2.41. The molecule has 0 fully saturated rings. The number of hydrogen-bond donors (Lipinski definition) is 2. The summed E-state index contributed by atoms with van der Waals surface area (Å²) in [6.45, 7) is 2.93. The summed E-state index contributed by atoms with van der Waals surface area (Å²) >= 11 is 1.15. The first kappa shape index (κ1) is 5.27. The molecule has 0 saturated carbocycles. The minimum atomic E-state index is 0.932. The summed E-state index contributed by atoms with van der Waals surface area (Å²) in [6.07, 6.45) is 0. The fourth-order valence-electron chi connectivity index (χ4n) is 0.0833. The molecular formula is C2H8N2S. The van der Waals surface area contributed by atoms with Crippen molar-refractivity contribution in [2.75, 3.05) is 6.54 Å². The second-order valence-corrected chi connectivity index (χ2v) is 1.14. The summed E-state index contributed by atoms with van der Waals surface area (Å²) < 4.78 is 2.81. The first-order valence-electron chi connectivity index (χ1n) is 1.50. The van der Waals surface area contributed by atoms with Gasteiger partial charge in [-0.3, -0.25) is 9.86 Å². The summed E-state index contributed by atoms with van der Waals surface area (Å²) in [5, 5.41) is 4.94. The van der Waals surface area contributed by atoms with Crippen LogP contribution in [-0.2, 0) is 0 Å². The van der Waals surface area contributed by atoms with E-state index in [-0.39, 0.29) is 0 Å². The topological polar surface area (TPSA) is 38.0 Å². The van der Waals surface area contributed by atoms with E-state index in [1.54, 1.807) is 0 Å². The van der Waals surface area contributed by atoms with Gasteiger partial charge in [-0.1, -0.05) is 6.92 Å². The maximum absolute atomic E-state index is 4.94. The average molecular weight is 92.2 g/mol. The Labute approximate surface area is 36.4 Å². The van der Waals surface area contributed by atoms with Gasteiger partial charge in [0.15, 0.2) is 0 Å². The highest BCUT2D eigenvalue weighted by atomic mass is 32.2. The molecule has 0 radical (unpaired) electrons. The molecular weight excluding hydrogens is 84.1 g/mol. The predicted molar refractivity (Wildman–Crippen MR) is 25.5 cm³/mol. The van der Waals surface area contributed by atoms with Crippen molar-refractivity contribution in [2.24, 2.45) is 5.14 Å². The van der Waals surface area contributed by atoms with E-state index in [0.29, 0.717) is 0 Å². The van der Waals surface area contributed by atoms with Crippen molar-refractivity contribution < 1.29 is 0 Å². The normalized spacial score (nSPS) is 8.40. The highest BCUT2D eigenvalue weighted by molar-refractivity contribution is 7.95. The molecule has 0 aliphatic heterocycles. The molecule has 0 aromatic rings. The molecule has 0 saturated heterocycles. The number of hydrogen-bond acceptors (Lipinski definition) is 3. The molecule has 0 spiro atoms. The molecule has 0 atom stereocenters. The third-order valence-corrected chi connectivity index (χ3v) is 0.683. The molecule has 3 N–H and O–H groups in total. The minimum absolute atomic E-state index is 0.932. The van der Waals surface area contributed by atoms with Crippen LogP contribution in [0.25, 0.3) is 0 Å². The van der Waals surface area contributed by atoms with Gasteiger partial charge in [0.2, 0.25) is 0 Å². The van der Waals surface area contributed by atoms with Crippen molar-refractivity contribution in [3.05, 3.63) is 0 Å². The molecule has 5 heavy (non-hydrogen) atoms. The lowest BCUT2D eigenvalue weighted by molar-refractivity contribution is 1.04. The Hall–Kier alpha value is 0.270. The average Bonchev–Trinajstić information content (AvgIpc) is 1.41. The largest absolute Gasteiger partial charge is 0.264 e. The second-order valence-electron chi connectivity index (χ2n) is 0.616. The Morgan fingerprint density at radius 3 is 2.60 bits per heavy atom. The molecule has 2 nitrogen and oxygen atoms in total. The van der Waals surface area contributed by atoms with E-state index in [9.17, 15) is 0 Å². The van der Waals surface area contributed by atoms with Crippen LogP contribution in [0, 0.1) is 0 Å². The third kappa shape index (κ3) is 4.27. The van der Waals surface area contributed by atoms with Crippen LogP contribution >= 0.6 is 12.1 Å². The lowest BCUT2D eigenvalue weighted by Gasteiger charge is -1.85. The number of nitrogens with two attached hydrogens (primary N) is 1. The third-order valence-electron chi connectivity index (χ3n) is 0.228. The van der Waals surface area contributed by atoms with E-state index in [1.165, 1.54) is 0 Å². The number of nitrogens with one attached hydrogen (secondary N) is 1. The fraction of sp³-hybridized carbons (Fsp3) is 1.00. The highest BCUT2D eigenvalue weighted by Gasteiger charge is 1.63. The standard InChI is InChI=1S/C2H8N2S/c1-2-4-5-3/h4H,2-3H2,1H3. The van der Waals surface area contributed by atoms with Crippen molar-refractivity contribution in [3.63, 3.8) is 0 Å². The number of rotatable bonds is 2. The van der Waals surface area contributed by atoms with Crippen LogP contribution in [0.3, 0.4) is 0 Å². The van der Waals surface area contributed by atoms with E-state index in [1.807, 2.05) is 6.92 Å². The van der Waals surface area contributed by atoms with Crippen molar-refractivity contribution in [1.82, 2.24) is 4.72 Å². The van der Waals surface area contributed by atoms with Crippen molar-refractivity contribution in [1.29, 1.82) is 0 Å². The van der Waals surface area contributed by atoms with Crippen LogP contribution in [0.2, 0.25) is 0 Å². The molecule has 0 unspecified atom stereocenters. The van der Waals surface area contributed by atoms with Gasteiger partial charge in [0, 0.05) is 18.7 Å². The molecule has 3 heteroatoms. The van der Waals surface area contributed by atoms with Gasteiger partial charge in [0.1, 0.15) is 0 Å². The molecule has 32 valence electrons. The minimum Gasteiger partial charge on any atom is -0.264 e. The molecule has 0 heterocycles. The van der Waals surface area contributed by atoms with Crippen LogP contribution in [0.4, 0.5) is 0 Å². The maximum atomic E-state index is 4.94. The lowest BCUT2D eigenvalue weighted by Crippen LogP contribution is -2.03. The Morgan fingerprint density at radius 2 is 2.60 bits per heavy atom. The van der Waals surface area contributed by atoms with Gasteiger partial charge in [-0.2, -0.15) is 0 Å². The lowest BCUT2D eigenvalue weighted by atomic mass is 10.8. The fourth-order valence-corrected chi connectivity index (χ4v) is 0.250. The highest BCUT2D eigenvalue weighted by Crippen LogP contribution is 1.67. The molecule has 0 aromatic heterocycles. The van der Waals surface area contributed by atoms with E-state index in [4.69, 9.17) is 5.14 Å². The molecule has 0 aromatic carbocycles. The van der Waals surface area contributed by atoms with Crippen LogP contribution in [-0.4, -0.2) is 6.54 Å². The first-order valence-corrected chi connectivity index (χ1v) is 2.38. The quantitative estimate of drug-likeness (QED) is 0.475. The summed E-state index contributed by atoms with van der Waals surface area (Å²) in [7, 11) is 0. The van der Waals surface area contributed by atoms with Crippen molar-refractivity contribution in [2.45, 2.75) is 6.92 Å². The zero-order valence-corrected chi connectivity index (χ0v) is 4.01. The summed E-state index contributed by atoms with van der Waals surface area (Å²) in [5.41, 5.74) is 0. The predicted octanol–water partition coefficient (Wildman–Crippen LogP) is 0.118. The van der Waals surface area contributed by atoms with Gasteiger partial charge < -0.3 is 0 Å². The Kier molecular flexibility index (Phi) is 4.50. The molecule has 0 amide bonds. The van der Waals surface area contributed by atoms with E-state index in [2.05, 4.69) is 4.72 Å². The van der Waals surface area contributed by atoms with Crippen LogP contribution < -0.4 is 9.86 Å². The smallest absolute Gasteiger partial charge is 0.00419 e. The Bertz CT molecular complexity index is 15.1. The van der Waals surface area contributed by atoms with E-state index < -0.39 is 0 Å². The van der Waals surface area contributed by atoms with Gasteiger partial charge in [0.05, 0.1) is 0 Å². The second kappa shape index (κ2) is 4.27. The van der Waals surface area contributed by atoms with Gasteiger partial charge in [0.25, 0.3) is 0 Å². The van der Waals surface area contributed by atoms with Gasteiger partial charge in [-0.25, -0.2) is 0 Å². The zero-order valence-electron chi connectivity index (χ0n) is 3.19. The zero-order chi connectivity index (χ0) is 4.12.